The molecule has 1 aliphatic rings. The Kier molecular flexibility index (Phi) is 4.67. The van der Waals surface area contributed by atoms with Gasteiger partial charge in [-0.25, -0.2) is 0 Å². The van der Waals surface area contributed by atoms with E-state index in [1.807, 2.05) is 0 Å². The average Bonchev–Trinajstić information content (AvgIpc) is 2.94. The van der Waals surface area contributed by atoms with E-state index in [9.17, 15) is 10.1 Å². The second-order valence-electron chi connectivity index (χ2n) is 5.82. The van der Waals surface area contributed by atoms with Gasteiger partial charge < -0.3 is 15.0 Å². The first-order valence-corrected chi connectivity index (χ1v) is 7.22. The van der Waals surface area contributed by atoms with E-state index in [2.05, 4.69) is 24.3 Å². The molecule has 0 bridgehead atoms. The number of nitrogens with one attached hydrogen (secondary N) is 1. The molecule has 0 aromatic heterocycles. The highest BCUT2D eigenvalue weighted by atomic mass is 16.6. The molecule has 1 fully saturated rings. The van der Waals surface area contributed by atoms with E-state index in [0.717, 1.165) is 12.2 Å². The summed E-state index contributed by atoms with van der Waals surface area (Å²) in [4.78, 5) is 12.8. The summed E-state index contributed by atoms with van der Waals surface area (Å²) in [5, 5.41) is 14.3. The fraction of sp³-hybridized carbons (Fsp3) is 0.600. The van der Waals surface area contributed by atoms with Crippen LogP contribution in [-0.4, -0.2) is 43.1 Å². The number of benzene rings is 1. The second-order valence-corrected chi connectivity index (χ2v) is 5.82. The van der Waals surface area contributed by atoms with Gasteiger partial charge in [-0.1, -0.05) is 12.8 Å². The van der Waals surface area contributed by atoms with E-state index in [0.29, 0.717) is 0 Å². The Morgan fingerprint density at radius 3 is 2.57 bits per heavy atom. The molecule has 0 saturated heterocycles. The zero-order valence-electron chi connectivity index (χ0n) is 12.9. The molecule has 6 heteroatoms. The van der Waals surface area contributed by atoms with Crippen LogP contribution < -0.4 is 10.1 Å². The molecule has 1 aromatic carbocycles. The van der Waals surface area contributed by atoms with Crippen LogP contribution in [0.5, 0.6) is 5.75 Å². The number of hydrogen-bond donors (Lipinski definition) is 1. The molecule has 0 atom stereocenters. The van der Waals surface area contributed by atoms with Crippen LogP contribution in [0.15, 0.2) is 18.2 Å². The predicted octanol–water partition coefficient (Wildman–Crippen LogP) is 2.89. The molecule has 0 radical (unpaired) electrons. The standard InChI is InChI=1S/C15H23N3O3/c1-17(2)15(8-4-5-9-15)11-16-12-6-7-13(18(19)20)14(10-12)21-3/h6-7,10,16H,4-5,8-9,11H2,1-3H3. The number of nitro benzene ring substituents is 1. The summed E-state index contributed by atoms with van der Waals surface area (Å²) in [6.45, 7) is 0.834. The molecule has 1 saturated carbocycles. The molecule has 2 rings (SSSR count). The van der Waals surface area contributed by atoms with Crippen molar-refractivity contribution in [2.45, 2.75) is 31.2 Å². The van der Waals surface area contributed by atoms with Crippen LogP contribution in [0.4, 0.5) is 11.4 Å². The third kappa shape index (κ3) is 3.26. The molecule has 1 N–H and O–H groups in total. The summed E-state index contributed by atoms with van der Waals surface area (Å²) in [7, 11) is 5.68. The number of nitrogens with zero attached hydrogens (tertiary/aromatic N) is 2. The Morgan fingerprint density at radius 2 is 2.05 bits per heavy atom. The van der Waals surface area contributed by atoms with E-state index >= 15 is 0 Å². The third-order valence-corrected chi connectivity index (χ3v) is 4.48. The number of ether oxygens (including phenoxy) is 1. The normalized spacial score (nSPS) is 17.0. The lowest BCUT2D eigenvalue weighted by atomic mass is 9.96. The minimum absolute atomic E-state index is 0.00811. The maximum atomic E-state index is 10.9. The third-order valence-electron chi connectivity index (χ3n) is 4.48. The maximum Gasteiger partial charge on any atom is 0.311 e. The molecule has 0 heterocycles. The van der Waals surface area contributed by atoms with Crippen molar-refractivity contribution in [3.05, 3.63) is 28.3 Å². The van der Waals surface area contributed by atoms with Gasteiger partial charge in [0.05, 0.1) is 12.0 Å². The molecule has 1 aliphatic carbocycles. The Morgan fingerprint density at radius 1 is 1.38 bits per heavy atom. The Balaban J connectivity index is 2.11. The summed E-state index contributed by atoms with van der Waals surface area (Å²) in [6, 6.07) is 4.91. The lowest BCUT2D eigenvalue weighted by Crippen LogP contribution is -2.47. The van der Waals surface area contributed by atoms with Crippen LogP contribution in [0.25, 0.3) is 0 Å². The first-order chi connectivity index (χ1) is 9.98. The predicted molar refractivity (Wildman–Crippen MR) is 83.0 cm³/mol. The van der Waals surface area contributed by atoms with Crippen LogP contribution in [0, 0.1) is 10.1 Å². The molecule has 0 spiro atoms. The molecule has 116 valence electrons. The quantitative estimate of drug-likeness (QED) is 0.645. The van der Waals surface area contributed by atoms with Gasteiger partial charge in [-0.05, 0) is 33.0 Å². The molecule has 0 unspecified atom stereocenters. The number of rotatable bonds is 6. The lowest BCUT2D eigenvalue weighted by molar-refractivity contribution is -0.385. The highest BCUT2D eigenvalue weighted by Crippen LogP contribution is 2.35. The average molecular weight is 293 g/mol. The zero-order chi connectivity index (χ0) is 15.5. The van der Waals surface area contributed by atoms with Crippen molar-refractivity contribution in [1.82, 2.24) is 4.90 Å². The number of anilines is 1. The summed E-state index contributed by atoms with van der Waals surface area (Å²) in [5.41, 5.74) is 1.02. The lowest BCUT2D eigenvalue weighted by Gasteiger charge is -2.36. The Hall–Kier alpha value is -1.82. The molecule has 0 aliphatic heterocycles. The van der Waals surface area contributed by atoms with Crippen molar-refractivity contribution in [2.24, 2.45) is 0 Å². The van der Waals surface area contributed by atoms with Crippen molar-refractivity contribution in [1.29, 1.82) is 0 Å². The van der Waals surface area contributed by atoms with Crippen molar-refractivity contribution >= 4 is 11.4 Å². The van der Waals surface area contributed by atoms with E-state index in [1.165, 1.54) is 38.9 Å². The summed E-state index contributed by atoms with van der Waals surface area (Å²) >= 11 is 0. The fourth-order valence-corrected chi connectivity index (χ4v) is 3.02. The summed E-state index contributed by atoms with van der Waals surface area (Å²) in [6.07, 6.45) is 4.86. The molecule has 6 nitrogen and oxygen atoms in total. The summed E-state index contributed by atoms with van der Waals surface area (Å²) < 4.78 is 5.10. The number of likely N-dealkylation sites (N-methyl/N-ethyl adjacent to an activating group) is 1. The fourth-order valence-electron chi connectivity index (χ4n) is 3.02. The topological polar surface area (TPSA) is 67.6 Å². The molecule has 21 heavy (non-hydrogen) atoms. The largest absolute Gasteiger partial charge is 0.490 e. The highest BCUT2D eigenvalue weighted by Gasteiger charge is 2.35. The van der Waals surface area contributed by atoms with Crippen LogP contribution in [0.3, 0.4) is 0 Å². The smallest absolute Gasteiger partial charge is 0.311 e. The number of nitro groups is 1. The van der Waals surface area contributed by atoms with Crippen LogP contribution in [-0.2, 0) is 0 Å². The monoisotopic (exact) mass is 293 g/mol. The van der Waals surface area contributed by atoms with Gasteiger partial charge in [0.25, 0.3) is 0 Å². The Labute approximate surface area is 125 Å². The second kappa shape index (κ2) is 6.30. The maximum absolute atomic E-state index is 10.9. The van der Waals surface area contributed by atoms with E-state index < -0.39 is 4.92 Å². The van der Waals surface area contributed by atoms with E-state index in [1.54, 1.807) is 12.1 Å². The van der Waals surface area contributed by atoms with Gasteiger partial charge in [0, 0.05) is 29.9 Å². The minimum atomic E-state index is -0.430. The first kappa shape index (κ1) is 15.6. The van der Waals surface area contributed by atoms with Crippen molar-refractivity contribution < 1.29 is 9.66 Å². The van der Waals surface area contributed by atoms with Gasteiger partial charge in [0.15, 0.2) is 5.75 Å². The van der Waals surface area contributed by atoms with Gasteiger partial charge in [-0.3, -0.25) is 10.1 Å². The highest BCUT2D eigenvalue weighted by molar-refractivity contribution is 5.58. The van der Waals surface area contributed by atoms with E-state index in [4.69, 9.17) is 4.74 Å². The zero-order valence-corrected chi connectivity index (χ0v) is 12.9. The van der Waals surface area contributed by atoms with Gasteiger partial charge in [-0.2, -0.15) is 0 Å². The van der Waals surface area contributed by atoms with Gasteiger partial charge in [0.2, 0.25) is 0 Å². The van der Waals surface area contributed by atoms with Crippen molar-refractivity contribution in [2.75, 3.05) is 33.1 Å². The molecular weight excluding hydrogens is 270 g/mol. The summed E-state index contributed by atoms with van der Waals surface area (Å²) in [5.74, 6) is 0.287. The van der Waals surface area contributed by atoms with E-state index in [-0.39, 0.29) is 17.0 Å². The Bertz CT molecular complexity index is 511. The van der Waals surface area contributed by atoms with Crippen molar-refractivity contribution in [3.63, 3.8) is 0 Å². The molecule has 1 aromatic rings. The molecule has 0 amide bonds. The molecular formula is C15H23N3O3. The van der Waals surface area contributed by atoms with Crippen LogP contribution >= 0.6 is 0 Å². The van der Waals surface area contributed by atoms with Gasteiger partial charge in [0.1, 0.15) is 0 Å². The SMILES string of the molecule is COc1cc(NCC2(N(C)C)CCCC2)ccc1[N+](=O)[O-]. The van der Waals surface area contributed by atoms with Gasteiger partial charge >= 0.3 is 5.69 Å². The number of hydrogen-bond acceptors (Lipinski definition) is 5. The van der Waals surface area contributed by atoms with Gasteiger partial charge in [-0.15, -0.1) is 0 Å². The first-order valence-electron chi connectivity index (χ1n) is 7.22. The number of methoxy groups -OCH3 is 1. The van der Waals surface area contributed by atoms with Crippen LogP contribution in [0.2, 0.25) is 0 Å². The van der Waals surface area contributed by atoms with Crippen molar-refractivity contribution in [3.8, 4) is 5.75 Å². The minimum Gasteiger partial charge on any atom is -0.490 e. The van der Waals surface area contributed by atoms with Crippen LogP contribution in [0.1, 0.15) is 25.7 Å².